The van der Waals surface area contributed by atoms with Crippen LogP contribution in [0.5, 0.6) is 0 Å². The highest BCUT2D eigenvalue weighted by Gasteiger charge is 2.19. The van der Waals surface area contributed by atoms with Crippen molar-refractivity contribution in [3.05, 3.63) is 64.7 Å². The zero-order valence-corrected chi connectivity index (χ0v) is 12.9. The summed E-state index contributed by atoms with van der Waals surface area (Å²) in [6.45, 7) is 3.02. The highest BCUT2D eigenvalue weighted by molar-refractivity contribution is 7.93. The van der Waals surface area contributed by atoms with E-state index in [1.807, 2.05) is 6.92 Å². The molecule has 7 heteroatoms. The van der Waals surface area contributed by atoms with Gasteiger partial charge in [-0.2, -0.15) is 0 Å². The molecular formula is C15H16N2O4S. The molecule has 1 aliphatic heterocycles. The summed E-state index contributed by atoms with van der Waals surface area (Å²) < 4.78 is 36.5. The fourth-order valence-electron chi connectivity index (χ4n) is 2.07. The van der Waals surface area contributed by atoms with E-state index in [-0.39, 0.29) is 11.2 Å². The van der Waals surface area contributed by atoms with Crippen LogP contribution in [0.2, 0.25) is 0 Å². The lowest BCUT2D eigenvalue weighted by atomic mass is 10.2. The van der Waals surface area contributed by atoms with Crippen molar-refractivity contribution >= 4 is 10.0 Å². The Hall–Kier alpha value is -1.96. The highest BCUT2D eigenvalue weighted by atomic mass is 32.2. The SMILES string of the molecule is Cc1ccc(S(=O)(=O)[N-][n+]2ccc(C3OCCO3)cc2)cc1. The van der Waals surface area contributed by atoms with Crippen LogP contribution in [0.25, 0.3) is 4.83 Å². The van der Waals surface area contributed by atoms with Gasteiger partial charge in [0.15, 0.2) is 28.7 Å². The molecule has 0 bridgehead atoms. The molecule has 0 unspecified atom stereocenters. The number of hydrogen-bond acceptors (Lipinski definition) is 4. The first-order chi connectivity index (χ1) is 10.5. The van der Waals surface area contributed by atoms with Crippen molar-refractivity contribution in [2.24, 2.45) is 0 Å². The van der Waals surface area contributed by atoms with Crippen molar-refractivity contribution in [1.82, 2.24) is 0 Å². The third-order valence-electron chi connectivity index (χ3n) is 3.25. The van der Waals surface area contributed by atoms with E-state index in [4.69, 9.17) is 9.47 Å². The Balaban J connectivity index is 1.75. The van der Waals surface area contributed by atoms with E-state index in [1.165, 1.54) is 4.68 Å². The maximum Gasteiger partial charge on any atom is 0.184 e. The van der Waals surface area contributed by atoms with Gasteiger partial charge in [-0.25, -0.2) is 13.1 Å². The van der Waals surface area contributed by atoms with Gasteiger partial charge < -0.3 is 14.3 Å². The van der Waals surface area contributed by atoms with E-state index in [1.54, 1.807) is 48.8 Å². The summed E-state index contributed by atoms with van der Waals surface area (Å²) >= 11 is 0. The van der Waals surface area contributed by atoms with Crippen molar-refractivity contribution in [3.63, 3.8) is 0 Å². The van der Waals surface area contributed by atoms with Crippen molar-refractivity contribution in [1.29, 1.82) is 0 Å². The molecule has 1 aromatic heterocycles. The topological polar surface area (TPSA) is 70.6 Å². The van der Waals surface area contributed by atoms with Crippen LogP contribution >= 0.6 is 0 Å². The van der Waals surface area contributed by atoms with Crippen molar-refractivity contribution in [2.75, 3.05) is 13.2 Å². The number of sulfonamides is 1. The standard InChI is InChI=1S/C15H16N2O4S/c1-12-2-4-14(5-3-12)22(18,19)16-17-8-6-13(7-9-17)15-20-10-11-21-15/h2-9,15H,10-11H2,1H3. The Bertz CT molecular complexity index is 736. The lowest BCUT2D eigenvalue weighted by Crippen LogP contribution is -2.31. The van der Waals surface area contributed by atoms with E-state index in [0.717, 1.165) is 11.1 Å². The minimum Gasteiger partial charge on any atom is -0.346 e. The van der Waals surface area contributed by atoms with Crippen LogP contribution in [0.15, 0.2) is 53.7 Å². The zero-order chi connectivity index (χ0) is 15.6. The van der Waals surface area contributed by atoms with Crippen molar-refractivity contribution in [2.45, 2.75) is 18.1 Å². The lowest BCUT2D eigenvalue weighted by molar-refractivity contribution is -0.614. The van der Waals surface area contributed by atoms with Crippen LogP contribution in [0.3, 0.4) is 0 Å². The lowest BCUT2D eigenvalue weighted by Gasteiger charge is -2.15. The maximum absolute atomic E-state index is 12.2. The zero-order valence-electron chi connectivity index (χ0n) is 12.0. The Morgan fingerprint density at radius 2 is 1.64 bits per heavy atom. The van der Waals surface area contributed by atoms with E-state index >= 15 is 0 Å². The fourth-order valence-corrected chi connectivity index (χ4v) is 3.01. The van der Waals surface area contributed by atoms with Crippen LogP contribution in [0.4, 0.5) is 0 Å². The molecule has 2 heterocycles. The van der Waals surface area contributed by atoms with Gasteiger partial charge in [0.1, 0.15) is 0 Å². The van der Waals surface area contributed by atoms with Gasteiger partial charge in [-0.3, -0.25) is 0 Å². The van der Waals surface area contributed by atoms with E-state index in [0.29, 0.717) is 13.2 Å². The maximum atomic E-state index is 12.2. The molecule has 1 saturated heterocycles. The predicted octanol–water partition coefficient (Wildman–Crippen LogP) is 1.85. The number of pyridine rings is 1. The number of hydrogen-bond donors (Lipinski definition) is 0. The molecule has 0 saturated carbocycles. The summed E-state index contributed by atoms with van der Waals surface area (Å²) in [7, 11) is -3.74. The number of nitrogens with zero attached hydrogens (tertiary/aromatic N) is 2. The van der Waals surface area contributed by atoms with Gasteiger partial charge in [0, 0.05) is 17.7 Å². The van der Waals surface area contributed by atoms with Gasteiger partial charge in [0.25, 0.3) is 0 Å². The molecule has 0 aliphatic carbocycles. The quantitative estimate of drug-likeness (QED) is 0.806. The first-order valence-corrected chi connectivity index (χ1v) is 8.28. The summed E-state index contributed by atoms with van der Waals surface area (Å²) in [4.78, 5) is 3.93. The van der Waals surface area contributed by atoms with E-state index in [2.05, 4.69) is 4.83 Å². The van der Waals surface area contributed by atoms with Crippen molar-refractivity contribution in [3.8, 4) is 0 Å². The Morgan fingerprint density at radius 1 is 1.05 bits per heavy atom. The molecule has 0 atom stereocenters. The summed E-state index contributed by atoms with van der Waals surface area (Å²) in [6, 6.07) is 10.0. The van der Waals surface area contributed by atoms with E-state index in [9.17, 15) is 8.42 Å². The molecule has 0 N–H and O–H groups in total. The molecule has 3 rings (SSSR count). The third kappa shape index (κ3) is 3.27. The number of aromatic nitrogens is 1. The molecule has 2 aromatic rings. The van der Waals surface area contributed by atoms with Gasteiger partial charge in [-0.05, 0) is 19.1 Å². The fraction of sp³-hybridized carbons (Fsp3) is 0.267. The first kappa shape index (κ1) is 15.0. The Labute approximate surface area is 129 Å². The number of aryl methyl sites for hydroxylation is 1. The number of rotatable bonds is 4. The molecule has 6 nitrogen and oxygen atoms in total. The molecular weight excluding hydrogens is 304 g/mol. The Kier molecular flexibility index (Phi) is 4.10. The minimum absolute atomic E-state index is 0.164. The van der Waals surface area contributed by atoms with Crippen LogP contribution in [-0.4, -0.2) is 21.6 Å². The second-order valence-corrected chi connectivity index (χ2v) is 6.54. The molecule has 0 radical (unpaired) electrons. The summed E-state index contributed by atoms with van der Waals surface area (Å²) in [5, 5.41) is 0. The summed E-state index contributed by atoms with van der Waals surface area (Å²) in [5.74, 6) is 0. The largest absolute Gasteiger partial charge is 0.346 e. The van der Waals surface area contributed by atoms with Crippen LogP contribution in [0.1, 0.15) is 17.4 Å². The molecule has 0 spiro atoms. The van der Waals surface area contributed by atoms with Gasteiger partial charge in [0.2, 0.25) is 0 Å². The van der Waals surface area contributed by atoms with Crippen LogP contribution < -0.4 is 4.68 Å². The Morgan fingerprint density at radius 3 is 2.23 bits per heavy atom. The minimum atomic E-state index is -3.74. The molecule has 22 heavy (non-hydrogen) atoms. The number of ether oxygens (including phenoxy) is 2. The normalized spacial score (nSPS) is 15.9. The average molecular weight is 320 g/mol. The molecule has 1 aromatic carbocycles. The molecule has 1 aliphatic rings. The van der Waals surface area contributed by atoms with Gasteiger partial charge in [0.05, 0.1) is 18.1 Å². The second kappa shape index (κ2) is 6.04. The summed E-state index contributed by atoms with van der Waals surface area (Å²) in [5.41, 5.74) is 1.82. The highest BCUT2D eigenvalue weighted by Crippen LogP contribution is 2.22. The average Bonchev–Trinajstić information content (AvgIpc) is 3.02. The van der Waals surface area contributed by atoms with Gasteiger partial charge >= 0.3 is 0 Å². The third-order valence-corrected chi connectivity index (χ3v) is 4.53. The molecule has 1 fully saturated rings. The summed E-state index contributed by atoms with van der Waals surface area (Å²) in [6.07, 6.45) is 2.74. The van der Waals surface area contributed by atoms with Crippen molar-refractivity contribution < 1.29 is 22.6 Å². The second-order valence-electron chi connectivity index (χ2n) is 4.95. The smallest absolute Gasteiger partial charge is 0.184 e. The van der Waals surface area contributed by atoms with Crippen LogP contribution in [-0.2, 0) is 19.5 Å². The van der Waals surface area contributed by atoms with Crippen LogP contribution in [0, 0.1) is 6.92 Å². The first-order valence-electron chi connectivity index (χ1n) is 6.84. The monoisotopic (exact) mass is 320 g/mol. The molecule has 0 amide bonds. The van der Waals surface area contributed by atoms with Gasteiger partial charge in [-0.1, -0.05) is 17.7 Å². The number of benzene rings is 1. The molecule has 116 valence electrons. The van der Waals surface area contributed by atoms with Gasteiger partial charge in [-0.15, -0.1) is 0 Å². The van der Waals surface area contributed by atoms with E-state index < -0.39 is 10.0 Å². The predicted molar refractivity (Wildman–Crippen MR) is 78.4 cm³/mol.